The molecule has 0 bridgehead atoms. The summed E-state index contributed by atoms with van der Waals surface area (Å²) in [6.07, 6.45) is 1.67. The highest BCUT2D eigenvalue weighted by Crippen LogP contribution is 2.35. The van der Waals surface area contributed by atoms with E-state index in [0.29, 0.717) is 21.9 Å². The number of aromatic amines is 1. The van der Waals surface area contributed by atoms with Gasteiger partial charge in [0.25, 0.3) is 5.56 Å². The molecule has 0 aliphatic carbocycles. The molecule has 23 heavy (non-hydrogen) atoms. The van der Waals surface area contributed by atoms with Crippen molar-refractivity contribution in [1.82, 2.24) is 15.0 Å². The van der Waals surface area contributed by atoms with Crippen LogP contribution in [0.1, 0.15) is 0 Å². The highest BCUT2D eigenvalue weighted by Gasteiger charge is 2.15. The molecule has 1 N–H and O–H groups in total. The molecule has 112 valence electrons. The molecule has 0 fully saturated rings. The third-order valence-corrected chi connectivity index (χ3v) is 4.75. The minimum absolute atomic E-state index is 0.282. The molecule has 0 unspecified atom stereocenters. The van der Waals surface area contributed by atoms with E-state index in [1.165, 1.54) is 11.3 Å². The summed E-state index contributed by atoms with van der Waals surface area (Å²) in [5.41, 5.74) is 1.99. The van der Waals surface area contributed by atoms with Crippen LogP contribution >= 0.6 is 22.9 Å². The van der Waals surface area contributed by atoms with Crippen molar-refractivity contribution in [3.63, 3.8) is 0 Å². The number of rotatable bonds is 2. The lowest BCUT2D eigenvalue weighted by Gasteiger charge is -2.03. The molecule has 0 spiro atoms. The fourth-order valence-corrected chi connectivity index (χ4v) is 3.65. The fourth-order valence-electron chi connectivity index (χ4n) is 2.46. The topological polar surface area (TPSA) is 58.6 Å². The Kier molecular flexibility index (Phi) is 3.44. The maximum absolute atomic E-state index is 12.5. The SMILES string of the molecule is O=c1nc(-c2ccccn2)[nH]c2scc(-c3ccccc3Cl)c12. The number of nitrogens with one attached hydrogen (secondary N) is 1. The fraction of sp³-hybridized carbons (Fsp3) is 0. The number of halogens is 1. The van der Waals surface area contributed by atoms with E-state index in [1.54, 1.807) is 6.20 Å². The molecule has 4 nitrogen and oxygen atoms in total. The first-order valence-corrected chi connectivity index (χ1v) is 8.17. The van der Waals surface area contributed by atoms with Gasteiger partial charge in [-0.1, -0.05) is 35.9 Å². The minimum atomic E-state index is -0.282. The van der Waals surface area contributed by atoms with Crippen LogP contribution in [0.15, 0.2) is 58.8 Å². The molecule has 0 aliphatic rings. The molecule has 4 rings (SSSR count). The predicted molar refractivity (Wildman–Crippen MR) is 93.9 cm³/mol. The molecule has 0 saturated heterocycles. The predicted octanol–water partition coefficient (Wildman–Crippen LogP) is 4.37. The Morgan fingerprint density at radius 2 is 1.87 bits per heavy atom. The normalized spacial score (nSPS) is 11.0. The minimum Gasteiger partial charge on any atom is -0.329 e. The molecular formula is C17H10ClN3OS. The zero-order valence-electron chi connectivity index (χ0n) is 11.8. The largest absolute Gasteiger partial charge is 0.329 e. The lowest BCUT2D eigenvalue weighted by atomic mass is 10.1. The van der Waals surface area contributed by atoms with Gasteiger partial charge in [0.05, 0.1) is 5.39 Å². The number of benzene rings is 1. The van der Waals surface area contributed by atoms with E-state index in [0.717, 1.165) is 16.0 Å². The number of pyridine rings is 1. The maximum atomic E-state index is 12.5. The first kappa shape index (κ1) is 14.1. The van der Waals surface area contributed by atoms with Crippen molar-refractivity contribution in [2.45, 2.75) is 0 Å². The molecule has 3 heterocycles. The van der Waals surface area contributed by atoms with Gasteiger partial charge < -0.3 is 4.98 Å². The van der Waals surface area contributed by atoms with Gasteiger partial charge in [0.15, 0.2) is 5.82 Å². The first-order valence-electron chi connectivity index (χ1n) is 6.92. The summed E-state index contributed by atoms with van der Waals surface area (Å²) in [6.45, 7) is 0. The van der Waals surface area contributed by atoms with E-state index < -0.39 is 0 Å². The smallest absolute Gasteiger partial charge is 0.282 e. The number of aromatic nitrogens is 3. The van der Waals surface area contributed by atoms with E-state index in [-0.39, 0.29) is 5.56 Å². The van der Waals surface area contributed by atoms with Crippen LogP contribution in [-0.4, -0.2) is 15.0 Å². The summed E-state index contributed by atoms with van der Waals surface area (Å²) in [5.74, 6) is 0.468. The van der Waals surface area contributed by atoms with E-state index >= 15 is 0 Å². The second-order valence-electron chi connectivity index (χ2n) is 4.94. The van der Waals surface area contributed by atoms with Gasteiger partial charge in [-0.05, 0) is 18.2 Å². The Morgan fingerprint density at radius 3 is 2.65 bits per heavy atom. The maximum Gasteiger partial charge on any atom is 0.282 e. The third kappa shape index (κ3) is 2.44. The van der Waals surface area contributed by atoms with Crippen molar-refractivity contribution >= 4 is 33.2 Å². The zero-order valence-corrected chi connectivity index (χ0v) is 13.4. The van der Waals surface area contributed by atoms with Gasteiger partial charge in [-0.15, -0.1) is 11.3 Å². The van der Waals surface area contributed by atoms with Crippen LogP contribution in [0.2, 0.25) is 5.02 Å². The number of fused-ring (bicyclic) bond motifs is 1. The molecule has 6 heteroatoms. The van der Waals surface area contributed by atoms with Crippen LogP contribution in [0.5, 0.6) is 0 Å². The monoisotopic (exact) mass is 339 g/mol. The van der Waals surface area contributed by atoms with E-state index in [2.05, 4.69) is 15.0 Å². The van der Waals surface area contributed by atoms with Crippen LogP contribution in [0.3, 0.4) is 0 Å². The Labute approximate surface area is 140 Å². The molecular weight excluding hydrogens is 330 g/mol. The van der Waals surface area contributed by atoms with Crippen molar-refractivity contribution in [3.05, 3.63) is 69.4 Å². The van der Waals surface area contributed by atoms with Crippen molar-refractivity contribution in [2.75, 3.05) is 0 Å². The molecule has 0 amide bonds. The Bertz CT molecular complexity index is 1060. The third-order valence-electron chi connectivity index (χ3n) is 3.52. The first-order chi connectivity index (χ1) is 11.2. The molecule has 0 saturated carbocycles. The van der Waals surface area contributed by atoms with E-state index in [9.17, 15) is 4.79 Å². The van der Waals surface area contributed by atoms with Crippen molar-refractivity contribution < 1.29 is 0 Å². The summed E-state index contributed by atoms with van der Waals surface area (Å²) in [6, 6.07) is 13.0. The van der Waals surface area contributed by atoms with Crippen LogP contribution < -0.4 is 5.56 Å². The molecule has 3 aromatic heterocycles. The summed E-state index contributed by atoms with van der Waals surface area (Å²) >= 11 is 7.72. The average molecular weight is 340 g/mol. The molecule has 1 aromatic carbocycles. The standard InChI is InChI=1S/C17H10ClN3OS/c18-12-6-2-1-5-10(12)11-9-23-17-14(11)16(22)20-15(21-17)13-7-3-4-8-19-13/h1-9H,(H,20,21,22). The van der Waals surface area contributed by atoms with Crippen LogP contribution in [0.4, 0.5) is 0 Å². The quantitative estimate of drug-likeness (QED) is 0.590. The van der Waals surface area contributed by atoms with Crippen LogP contribution in [0, 0.1) is 0 Å². The van der Waals surface area contributed by atoms with Crippen molar-refractivity contribution in [3.8, 4) is 22.6 Å². The molecule has 4 aromatic rings. The number of H-pyrrole nitrogens is 1. The molecule has 0 radical (unpaired) electrons. The van der Waals surface area contributed by atoms with E-state index in [4.69, 9.17) is 11.6 Å². The zero-order chi connectivity index (χ0) is 15.8. The van der Waals surface area contributed by atoms with Gasteiger partial charge in [0, 0.05) is 27.7 Å². The Balaban J connectivity index is 1.95. The van der Waals surface area contributed by atoms with Gasteiger partial charge in [-0.25, -0.2) is 0 Å². The number of nitrogens with zero attached hydrogens (tertiary/aromatic N) is 2. The summed E-state index contributed by atoms with van der Waals surface area (Å²) < 4.78 is 0. The average Bonchev–Trinajstić information content (AvgIpc) is 3.00. The Morgan fingerprint density at radius 1 is 1.04 bits per heavy atom. The summed E-state index contributed by atoms with van der Waals surface area (Å²) in [5, 5.41) is 3.09. The van der Waals surface area contributed by atoms with Crippen molar-refractivity contribution in [2.24, 2.45) is 0 Å². The van der Waals surface area contributed by atoms with Gasteiger partial charge in [0.1, 0.15) is 10.5 Å². The summed E-state index contributed by atoms with van der Waals surface area (Å²) in [7, 11) is 0. The summed E-state index contributed by atoms with van der Waals surface area (Å²) in [4.78, 5) is 24.9. The van der Waals surface area contributed by atoms with Crippen LogP contribution in [0.25, 0.3) is 32.9 Å². The lowest BCUT2D eigenvalue weighted by Crippen LogP contribution is -2.09. The number of hydrogen-bond donors (Lipinski definition) is 1. The molecule has 0 aliphatic heterocycles. The highest BCUT2D eigenvalue weighted by molar-refractivity contribution is 7.17. The van der Waals surface area contributed by atoms with Crippen molar-refractivity contribution in [1.29, 1.82) is 0 Å². The molecule has 0 atom stereocenters. The second-order valence-corrected chi connectivity index (χ2v) is 6.23. The van der Waals surface area contributed by atoms with Gasteiger partial charge in [0.2, 0.25) is 0 Å². The Hall–Kier alpha value is -2.50. The van der Waals surface area contributed by atoms with Crippen LogP contribution in [-0.2, 0) is 0 Å². The van der Waals surface area contributed by atoms with E-state index in [1.807, 2.05) is 47.8 Å². The van der Waals surface area contributed by atoms with Gasteiger partial charge in [-0.2, -0.15) is 4.98 Å². The van der Waals surface area contributed by atoms with Gasteiger partial charge >= 0.3 is 0 Å². The number of hydrogen-bond acceptors (Lipinski definition) is 4. The number of thiophene rings is 1. The highest BCUT2D eigenvalue weighted by atomic mass is 35.5. The van der Waals surface area contributed by atoms with Gasteiger partial charge in [-0.3, -0.25) is 9.78 Å². The second kappa shape index (κ2) is 5.61. The lowest BCUT2D eigenvalue weighted by molar-refractivity contribution is 1.15.